The number of nitrogens with zero attached hydrogens (tertiary/aromatic N) is 1. The highest BCUT2D eigenvalue weighted by Crippen LogP contribution is 2.31. The van der Waals surface area contributed by atoms with Crippen LogP contribution in [0.1, 0.15) is 58.4 Å². The van der Waals surface area contributed by atoms with Crippen molar-refractivity contribution in [2.75, 3.05) is 0 Å². The Labute approximate surface area is 163 Å². The molecule has 0 radical (unpaired) electrons. The van der Waals surface area contributed by atoms with Gasteiger partial charge < -0.3 is 10.3 Å². The van der Waals surface area contributed by atoms with Crippen LogP contribution in [0.15, 0.2) is 9.95 Å². The van der Waals surface area contributed by atoms with Gasteiger partial charge in [0.1, 0.15) is 4.83 Å². The number of aromatic nitrogens is 2. The van der Waals surface area contributed by atoms with E-state index in [-0.39, 0.29) is 22.3 Å². The maximum Gasteiger partial charge on any atom is 0.260 e. The number of H-pyrrole nitrogens is 1. The normalized spacial score (nSPS) is 14.4. The molecule has 0 aliphatic heterocycles. The van der Waals surface area contributed by atoms with E-state index in [1.807, 2.05) is 27.7 Å². The largest absolute Gasteiger partial charge is 0.351 e. The highest BCUT2D eigenvalue weighted by Gasteiger charge is 2.22. The maximum atomic E-state index is 12.7. The summed E-state index contributed by atoms with van der Waals surface area (Å²) in [5.74, 6) is 0.464. The van der Waals surface area contributed by atoms with Crippen LogP contribution in [-0.2, 0) is 11.2 Å². The fourth-order valence-electron chi connectivity index (χ4n) is 2.64. The molecule has 0 bridgehead atoms. The van der Waals surface area contributed by atoms with Gasteiger partial charge in [0.15, 0.2) is 5.16 Å². The molecule has 1 amide bonds. The monoisotopic (exact) mass is 395 g/mol. The summed E-state index contributed by atoms with van der Waals surface area (Å²) < 4.78 is 0. The first kappa shape index (κ1) is 21.0. The third kappa shape index (κ3) is 5.10. The molecule has 2 heterocycles. The van der Waals surface area contributed by atoms with Gasteiger partial charge in [0.2, 0.25) is 5.91 Å². The number of fused-ring (bicyclic) bond motifs is 1. The lowest BCUT2D eigenvalue weighted by atomic mass is 9.98. The zero-order valence-corrected chi connectivity index (χ0v) is 18.3. The van der Waals surface area contributed by atoms with Crippen molar-refractivity contribution < 1.29 is 4.79 Å². The van der Waals surface area contributed by atoms with Crippen molar-refractivity contribution in [1.82, 2.24) is 15.3 Å². The van der Waals surface area contributed by atoms with E-state index in [9.17, 15) is 9.59 Å². The number of rotatable bonds is 6. The highest BCUT2D eigenvalue weighted by molar-refractivity contribution is 8.00. The van der Waals surface area contributed by atoms with Crippen LogP contribution in [-0.4, -0.2) is 26.7 Å². The van der Waals surface area contributed by atoms with Gasteiger partial charge in [-0.25, -0.2) is 4.98 Å². The van der Waals surface area contributed by atoms with Crippen molar-refractivity contribution in [2.24, 2.45) is 5.92 Å². The number of carbonyl (C=O) groups is 1. The summed E-state index contributed by atoms with van der Waals surface area (Å²) in [7, 11) is 0. The Hall–Kier alpha value is -1.34. The quantitative estimate of drug-likeness (QED) is 0.565. The van der Waals surface area contributed by atoms with Gasteiger partial charge in [0.25, 0.3) is 5.56 Å². The third-order valence-electron chi connectivity index (χ3n) is 4.25. The van der Waals surface area contributed by atoms with Gasteiger partial charge in [-0.2, -0.15) is 0 Å². The second-order valence-electron chi connectivity index (χ2n) is 7.90. The first-order chi connectivity index (χ1) is 12.0. The van der Waals surface area contributed by atoms with Gasteiger partial charge in [-0.1, -0.05) is 32.0 Å². The molecule has 26 heavy (non-hydrogen) atoms. The predicted octanol–water partition coefficient (Wildman–Crippen LogP) is 4.28. The molecule has 144 valence electrons. The summed E-state index contributed by atoms with van der Waals surface area (Å²) in [6.45, 7) is 14.1. The zero-order chi connectivity index (χ0) is 19.6. The van der Waals surface area contributed by atoms with Crippen molar-refractivity contribution in [1.29, 1.82) is 0 Å². The number of thiophene rings is 1. The highest BCUT2D eigenvalue weighted by atomic mass is 32.2. The van der Waals surface area contributed by atoms with Crippen LogP contribution in [0.5, 0.6) is 0 Å². The molecular weight excluding hydrogens is 366 g/mol. The minimum Gasteiger partial charge on any atom is -0.351 e. The molecule has 7 heteroatoms. The summed E-state index contributed by atoms with van der Waals surface area (Å²) in [5.41, 5.74) is 0.721. The molecule has 2 aromatic heterocycles. The van der Waals surface area contributed by atoms with Crippen molar-refractivity contribution in [3.05, 3.63) is 20.8 Å². The summed E-state index contributed by atoms with van der Waals surface area (Å²) in [4.78, 5) is 34.3. The average molecular weight is 396 g/mol. The smallest absolute Gasteiger partial charge is 0.260 e. The van der Waals surface area contributed by atoms with Crippen molar-refractivity contribution in [2.45, 2.75) is 77.3 Å². The van der Waals surface area contributed by atoms with Crippen molar-refractivity contribution in [3.63, 3.8) is 0 Å². The molecule has 0 aliphatic rings. The molecule has 2 N–H and O–H groups in total. The van der Waals surface area contributed by atoms with Gasteiger partial charge in [-0.3, -0.25) is 9.59 Å². The van der Waals surface area contributed by atoms with Crippen LogP contribution < -0.4 is 10.9 Å². The summed E-state index contributed by atoms with van der Waals surface area (Å²) in [5, 5.41) is 3.83. The topological polar surface area (TPSA) is 74.8 Å². The molecule has 0 aliphatic carbocycles. The number of aryl methyl sites for hydroxylation is 1. The second-order valence-corrected chi connectivity index (χ2v) is 10.4. The standard InChI is InChI=1S/C19H29N3O2S2/c1-8-10(2)9-13-11(3)25-17-14(13)16(24)20-18(21-17)26-12(4)15(23)22-19(5,6)7/h10,12H,8-9H2,1-7H3,(H,22,23)(H,20,21,24)/t10-,12+/m0/s1. The van der Waals surface area contributed by atoms with Crippen LogP contribution in [0, 0.1) is 12.8 Å². The predicted molar refractivity (Wildman–Crippen MR) is 111 cm³/mol. The Bertz CT molecular complexity index is 849. The van der Waals surface area contributed by atoms with E-state index in [1.165, 1.54) is 11.8 Å². The number of carbonyl (C=O) groups excluding carboxylic acids is 1. The minimum absolute atomic E-state index is 0.0648. The number of amides is 1. The van der Waals surface area contributed by atoms with E-state index in [4.69, 9.17) is 0 Å². The Morgan fingerprint density at radius 3 is 2.58 bits per heavy atom. The Balaban J connectivity index is 2.29. The van der Waals surface area contributed by atoms with Crippen LogP contribution in [0.4, 0.5) is 0 Å². The Morgan fingerprint density at radius 1 is 1.35 bits per heavy atom. The molecule has 0 saturated carbocycles. The van der Waals surface area contributed by atoms with Crippen LogP contribution >= 0.6 is 23.1 Å². The molecule has 0 spiro atoms. The third-order valence-corrected chi connectivity index (χ3v) is 6.27. The van der Waals surface area contributed by atoms with Gasteiger partial charge in [-0.05, 0) is 52.5 Å². The Kier molecular flexibility index (Phi) is 6.55. The molecular formula is C19H29N3O2S2. The first-order valence-corrected chi connectivity index (χ1v) is 10.7. The number of hydrogen-bond donors (Lipinski definition) is 2. The van der Waals surface area contributed by atoms with Crippen molar-refractivity contribution in [3.8, 4) is 0 Å². The zero-order valence-electron chi connectivity index (χ0n) is 16.6. The molecule has 0 saturated heterocycles. The number of aromatic amines is 1. The molecule has 5 nitrogen and oxygen atoms in total. The molecule has 0 aromatic carbocycles. The average Bonchev–Trinajstić information content (AvgIpc) is 2.81. The maximum absolute atomic E-state index is 12.7. The molecule has 2 rings (SSSR count). The van der Waals surface area contributed by atoms with E-state index in [0.717, 1.165) is 28.1 Å². The molecule has 2 aromatic rings. The van der Waals surface area contributed by atoms with E-state index in [2.05, 4.69) is 36.1 Å². The van der Waals surface area contributed by atoms with E-state index in [1.54, 1.807) is 11.3 Å². The summed E-state index contributed by atoms with van der Waals surface area (Å²) in [6, 6.07) is 0. The molecule has 0 fully saturated rings. The van der Waals surface area contributed by atoms with E-state index >= 15 is 0 Å². The second kappa shape index (κ2) is 8.13. The first-order valence-electron chi connectivity index (χ1n) is 9.02. The Morgan fingerprint density at radius 2 is 2.00 bits per heavy atom. The van der Waals surface area contributed by atoms with Gasteiger partial charge in [0.05, 0.1) is 10.6 Å². The number of hydrogen-bond acceptors (Lipinski definition) is 5. The SMILES string of the molecule is CC[C@H](C)Cc1c(C)sc2nc(S[C@H](C)C(=O)NC(C)(C)C)[nH]c(=O)c12. The van der Waals surface area contributed by atoms with Gasteiger partial charge in [0, 0.05) is 10.4 Å². The lowest BCUT2D eigenvalue weighted by Gasteiger charge is -2.22. The number of nitrogens with one attached hydrogen (secondary N) is 2. The fraction of sp³-hybridized carbons (Fsp3) is 0.632. The van der Waals surface area contributed by atoms with Crippen LogP contribution in [0.25, 0.3) is 10.2 Å². The summed E-state index contributed by atoms with van der Waals surface area (Å²) in [6.07, 6.45) is 1.97. The minimum atomic E-state index is -0.338. The summed E-state index contributed by atoms with van der Waals surface area (Å²) >= 11 is 2.84. The fourth-order valence-corrected chi connectivity index (χ4v) is 4.55. The van der Waals surface area contributed by atoms with Gasteiger partial charge >= 0.3 is 0 Å². The van der Waals surface area contributed by atoms with Gasteiger partial charge in [-0.15, -0.1) is 11.3 Å². The van der Waals surface area contributed by atoms with Crippen molar-refractivity contribution >= 4 is 39.2 Å². The van der Waals surface area contributed by atoms with Crippen LogP contribution in [0.3, 0.4) is 0 Å². The molecule has 0 unspecified atom stereocenters. The van der Waals surface area contributed by atoms with Crippen LogP contribution in [0.2, 0.25) is 0 Å². The lowest BCUT2D eigenvalue weighted by molar-refractivity contribution is -0.121. The lowest BCUT2D eigenvalue weighted by Crippen LogP contribution is -2.44. The van der Waals surface area contributed by atoms with E-state index < -0.39 is 0 Å². The number of thioether (sulfide) groups is 1. The van der Waals surface area contributed by atoms with E-state index in [0.29, 0.717) is 16.5 Å². The molecule has 2 atom stereocenters.